The second-order valence-corrected chi connectivity index (χ2v) is 8.67. The number of nitrogens with one attached hydrogen (secondary N) is 1. The van der Waals surface area contributed by atoms with E-state index in [2.05, 4.69) is 25.0 Å². The molecule has 15 heteroatoms. The van der Waals surface area contributed by atoms with E-state index in [-0.39, 0.29) is 32.3 Å². The zero-order valence-corrected chi connectivity index (χ0v) is 18.0. The maximum absolute atomic E-state index is 12.8. The highest BCUT2D eigenvalue weighted by molar-refractivity contribution is 5.77. The first kappa shape index (κ1) is 25.1. The largest absolute Gasteiger partial charge is 0.524 e. The predicted octanol–water partition coefficient (Wildman–Crippen LogP) is 3.42. The third-order valence-corrected chi connectivity index (χ3v) is 6.17. The van der Waals surface area contributed by atoms with Gasteiger partial charge < -0.3 is 14.8 Å². The third kappa shape index (κ3) is 5.98. The Morgan fingerprint density at radius 1 is 1.09 bits per heavy atom. The number of rotatable bonds is 8. The lowest BCUT2D eigenvalue weighted by Gasteiger charge is -2.41. The molecule has 0 bridgehead atoms. The second kappa shape index (κ2) is 9.24. The van der Waals surface area contributed by atoms with Crippen molar-refractivity contribution in [2.24, 2.45) is 0 Å². The molecule has 0 unspecified atom stereocenters. The highest BCUT2D eigenvalue weighted by atomic mass is 19.4. The van der Waals surface area contributed by atoms with Crippen LogP contribution in [0.15, 0.2) is 6.20 Å². The minimum atomic E-state index is -4.86. The summed E-state index contributed by atoms with van der Waals surface area (Å²) in [5.41, 5.74) is -1.30. The Hall–Kier alpha value is -1.97. The number of carbonyl (C=O) groups is 1. The van der Waals surface area contributed by atoms with E-state index in [1.165, 1.54) is 6.20 Å². The molecule has 2 heterocycles. The number of alkyl halides is 6. The van der Waals surface area contributed by atoms with Gasteiger partial charge in [0, 0.05) is 12.8 Å². The van der Waals surface area contributed by atoms with Crippen LogP contribution in [0.25, 0.3) is 0 Å². The quantitative estimate of drug-likeness (QED) is 0.430. The van der Waals surface area contributed by atoms with Gasteiger partial charge in [-0.15, -0.1) is 26.3 Å². The molecule has 1 amide bonds. The minimum absolute atomic E-state index is 0.0456. The first-order chi connectivity index (χ1) is 15.9. The summed E-state index contributed by atoms with van der Waals surface area (Å²) < 4.78 is 94.9. The van der Waals surface area contributed by atoms with Crippen molar-refractivity contribution in [2.45, 2.75) is 87.7 Å². The molecule has 1 aromatic heterocycles. The van der Waals surface area contributed by atoms with Gasteiger partial charge in [-0.1, -0.05) is 0 Å². The van der Waals surface area contributed by atoms with E-state index in [4.69, 9.17) is 9.47 Å². The van der Waals surface area contributed by atoms with E-state index >= 15 is 0 Å². The average Bonchev–Trinajstić information content (AvgIpc) is 3.16. The van der Waals surface area contributed by atoms with Crippen LogP contribution < -0.4 is 5.32 Å². The number of hydrogen-bond donors (Lipinski definition) is 1. The summed E-state index contributed by atoms with van der Waals surface area (Å²) in [6.45, 7) is -0.511. The van der Waals surface area contributed by atoms with Gasteiger partial charge in [0.2, 0.25) is 5.91 Å². The Bertz CT molecular complexity index is 860. The van der Waals surface area contributed by atoms with Crippen LogP contribution in [0.3, 0.4) is 0 Å². The molecule has 1 aromatic rings. The van der Waals surface area contributed by atoms with Gasteiger partial charge in [-0.2, -0.15) is 15.0 Å². The van der Waals surface area contributed by atoms with E-state index < -0.39 is 48.9 Å². The fraction of sp³-hybridized carbons (Fsp3) is 0.842. The Labute approximate surface area is 190 Å². The fourth-order valence-corrected chi connectivity index (χ4v) is 4.17. The van der Waals surface area contributed by atoms with Crippen LogP contribution >= 0.6 is 0 Å². The minimum Gasteiger partial charge on any atom is -0.370 e. The fourth-order valence-electron chi connectivity index (χ4n) is 4.17. The van der Waals surface area contributed by atoms with Crippen molar-refractivity contribution >= 4 is 5.91 Å². The van der Waals surface area contributed by atoms with Crippen molar-refractivity contribution in [3.8, 4) is 0 Å². The van der Waals surface area contributed by atoms with Crippen molar-refractivity contribution in [1.82, 2.24) is 20.3 Å². The van der Waals surface area contributed by atoms with Gasteiger partial charge in [0.25, 0.3) is 0 Å². The number of aromatic nitrogens is 3. The summed E-state index contributed by atoms with van der Waals surface area (Å²) >= 11 is 0. The van der Waals surface area contributed by atoms with Gasteiger partial charge in [-0.05, 0) is 38.5 Å². The van der Waals surface area contributed by atoms with Gasteiger partial charge in [-0.25, -0.2) is 0 Å². The number of amides is 1. The van der Waals surface area contributed by atoms with E-state index in [1.807, 2.05) is 0 Å². The zero-order chi connectivity index (χ0) is 24.6. The second-order valence-electron chi connectivity index (χ2n) is 8.67. The van der Waals surface area contributed by atoms with Crippen molar-refractivity contribution in [2.75, 3.05) is 13.2 Å². The molecular weight excluding hydrogens is 478 g/mol. The molecule has 3 aliphatic rings. The lowest BCUT2D eigenvalue weighted by atomic mass is 9.88. The first-order valence-electron chi connectivity index (χ1n) is 10.9. The molecular formula is C19H24F6N4O5. The molecule has 0 aromatic carbocycles. The van der Waals surface area contributed by atoms with Crippen LogP contribution in [0, 0.1) is 0 Å². The summed E-state index contributed by atoms with van der Waals surface area (Å²) in [5.74, 6) is -2.42. The molecule has 0 radical (unpaired) electrons. The van der Waals surface area contributed by atoms with Crippen molar-refractivity contribution < 1.29 is 50.1 Å². The number of carbonyl (C=O) groups excluding carboxylic acids is 1. The van der Waals surface area contributed by atoms with Crippen LogP contribution in [0.5, 0.6) is 0 Å². The molecule has 192 valence electrons. The third-order valence-electron chi connectivity index (χ3n) is 6.17. The molecule has 3 fully saturated rings. The summed E-state index contributed by atoms with van der Waals surface area (Å²) in [7, 11) is 0. The van der Waals surface area contributed by atoms with Gasteiger partial charge in [0.15, 0.2) is 11.5 Å². The molecule has 1 saturated heterocycles. The number of halogens is 6. The molecule has 2 saturated carbocycles. The molecule has 0 spiro atoms. The normalized spacial score (nSPS) is 26.4. The Balaban J connectivity index is 1.24. The summed E-state index contributed by atoms with van der Waals surface area (Å²) in [6.07, 6.45) is -6.59. The van der Waals surface area contributed by atoms with Crippen molar-refractivity contribution in [3.63, 3.8) is 0 Å². The van der Waals surface area contributed by atoms with Crippen LogP contribution in [-0.4, -0.2) is 58.7 Å². The molecule has 9 nitrogen and oxygen atoms in total. The van der Waals surface area contributed by atoms with Gasteiger partial charge in [0.1, 0.15) is 18.4 Å². The van der Waals surface area contributed by atoms with Crippen molar-refractivity contribution in [3.05, 3.63) is 11.9 Å². The molecule has 4 rings (SSSR count). The van der Waals surface area contributed by atoms with Gasteiger partial charge in [-0.3, -0.25) is 14.3 Å². The van der Waals surface area contributed by atoms with Crippen LogP contribution in [-0.2, 0) is 29.5 Å². The highest BCUT2D eigenvalue weighted by Crippen LogP contribution is 2.44. The van der Waals surface area contributed by atoms with Crippen LogP contribution in [0.4, 0.5) is 26.3 Å². The molecule has 2 atom stereocenters. The Kier molecular flexibility index (Phi) is 6.83. The summed E-state index contributed by atoms with van der Waals surface area (Å²) in [5, 5.41) is 10.7. The average molecular weight is 502 g/mol. The van der Waals surface area contributed by atoms with Gasteiger partial charge >= 0.3 is 12.7 Å². The van der Waals surface area contributed by atoms with E-state index in [1.54, 1.807) is 0 Å². The van der Waals surface area contributed by atoms with Crippen LogP contribution in [0.2, 0.25) is 0 Å². The van der Waals surface area contributed by atoms with Crippen LogP contribution in [0.1, 0.15) is 63.2 Å². The SMILES string of the molecule is O=C(COC1(OC(F)(F)F)CCC1)N[C@@H]1CC[C@@H](c2cnn(C3(OC(F)(F)F)CCC3)n2)OC1. The van der Waals surface area contributed by atoms with E-state index in [0.717, 1.165) is 4.80 Å². The molecule has 2 aliphatic carbocycles. The number of ether oxygens (including phenoxy) is 4. The summed E-state index contributed by atoms with van der Waals surface area (Å²) in [6, 6.07) is -0.408. The van der Waals surface area contributed by atoms with E-state index in [0.29, 0.717) is 31.4 Å². The topological polar surface area (TPSA) is 96.7 Å². The van der Waals surface area contributed by atoms with Gasteiger partial charge in [0.05, 0.1) is 18.8 Å². The molecule has 1 aliphatic heterocycles. The standard InChI is InChI=1S/C19H24F6N4O5/c20-18(21,22)33-16(5-1-6-16)29-26-9-13(28-29)14-4-3-12(10-31-14)27-15(30)11-32-17(7-2-8-17)34-19(23,24)25/h9,12,14H,1-8,10-11H2,(H,27,30)/t12-,14+/m1/s1. The molecule has 34 heavy (non-hydrogen) atoms. The Morgan fingerprint density at radius 3 is 2.26 bits per heavy atom. The maximum atomic E-state index is 12.8. The summed E-state index contributed by atoms with van der Waals surface area (Å²) in [4.78, 5) is 13.1. The smallest absolute Gasteiger partial charge is 0.370 e. The monoisotopic (exact) mass is 502 g/mol. The zero-order valence-electron chi connectivity index (χ0n) is 18.0. The number of nitrogens with zero attached hydrogens (tertiary/aromatic N) is 3. The lowest BCUT2D eigenvalue weighted by molar-refractivity contribution is -0.432. The first-order valence-corrected chi connectivity index (χ1v) is 10.9. The highest BCUT2D eigenvalue weighted by Gasteiger charge is 2.51. The number of hydrogen-bond acceptors (Lipinski definition) is 7. The lowest BCUT2D eigenvalue weighted by Crippen LogP contribution is -2.50. The van der Waals surface area contributed by atoms with E-state index in [9.17, 15) is 31.1 Å². The predicted molar refractivity (Wildman–Crippen MR) is 98.5 cm³/mol. The van der Waals surface area contributed by atoms with Crippen molar-refractivity contribution in [1.29, 1.82) is 0 Å². The maximum Gasteiger partial charge on any atom is 0.524 e. The molecule has 1 N–H and O–H groups in total. The Morgan fingerprint density at radius 2 is 1.76 bits per heavy atom.